The summed E-state index contributed by atoms with van der Waals surface area (Å²) in [5, 5.41) is -1.21. The molecule has 2 aromatic carbocycles. The molecule has 0 saturated heterocycles. The highest BCUT2D eigenvalue weighted by molar-refractivity contribution is 9.10. The highest BCUT2D eigenvalue weighted by Crippen LogP contribution is 2.38. The summed E-state index contributed by atoms with van der Waals surface area (Å²) in [7, 11) is -7.40. The van der Waals surface area contributed by atoms with Crippen LogP contribution in [0.25, 0.3) is 0 Å². The summed E-state index contributed by atoms with van der Waals surface area (Å²) in [6, 6.07) is 8.67. The van der Waals surface area contributed by atoms with Crippen LogP contribution in [-0.2, 0) is 30.9 Å². The van der Waals surface area contributed by atoms with E-state index in [4.69, 9.17) is 11.6 Å². The van der Waals surface area contributed by atoms with E-state index in [9.17, 15) is 26.4 Å². The minimum Gasteiger partial charge on any atom is -0.299 e. The van der Waals surface area contributed by atoms with Crippen molar-refractivity contribution in [1.82, 2.24) is 0 Å². The Morgan fingerprint density at radius 3 is 2.42 bits per heavy atom. The molecule has 2 aromatic rings. The molecule has 4 rings (SSSR count). The van der Waals surface area contributed by atoms with Crippen LogP contribution in [0.15, 0.2) is 50.7 Å². The first-order chi connectivity index (χ1) is 14.5. The fourth-order valence-corrected chi connectivity index (χ4v) is 8.48. The van der Waals surface area contributed by atoms with Crippen molar-refractivity contribution in [3.05, 3.63) is 57.0 Å². The smallest absolute Gasteiger partial charge is 0.182 e. The number of carbonyl (C=O) groups excluding carboxylic acids is 2. The molecule has 0 bridgehead atoms. The molecule has 0 radical (unpaired) electrons. The van der Waals surface area contributed by atoms with Gasteiger partial charge in [-0.15, -0.1) is 0 Å². The first kappa shape index (κ1) is 22.6. The molecule has 0 aromatic heterocycles. The number of Topliss-reactive ketones (excluding diaryl/α,β-unsaturated/α-hetero) is 2. The fraction of sp³-hybridized carbons (Fsp3) is 0.333. The van der Waals surface area contributed by atoms with Crippen LogP contribution < -0.4 is 0 Å². The lowest BCUT2D eigenvalue weighted by Crippen LogP contribution is -2.43. The molecule has 1 aliphatic heterocycles. The molecule has 10 heteroatoms. The SMILES string of the molecule is O=C1CCCC(S(=O)(=O)c2ccc(Br)cc2)C1C(=O)c1ccc2c(c1Cl)CCS2(=O)=O. The quantitative estimate of drug-likeness (QED) is 0.427. The molecule has 2 unspecified atom stereocenters. The molecule has 1 aliphatic carbocycles. The van der Waals surface area contributed by atoms with Gasteiger partial charge in [0.05, 0.1) is 31.7 Å². The Bertz CT molecular complexity index is 1300. The Hall–Kier alpha value is -1.55. The molecular formula is C21H18BrClO6S2. The van der Waals surface area contributed by atoms with Crippen LogP contribution in [0.2, 0.25) is 5.02 Å². The normalized spacial score (nSPS) is 22.8. The number of benzene rings is 2. The van der Waals surface area contributed by atoms with Gasteiger partial charge >= 0.3 is 0 Å². The Labute approximate surface area is 194 Å². The number of rotatable bonds is 4. The van der Waals surface area contributed by atoms with Crippen molar-refractivity contribution in [3.63, 3.8) is 0 Å². The van der Waals surface area contributed by atoms with Gasteiger partial charge in [-0.25, -0.2) is 16.8 Å². The summed E-state index contributed by atoms with van der Waals surface area (Å²) in [6.07, 6.45) is 0.841. The van der Waals surface area contributed by atoms with Gasteiger partial charge in [0.25, 0.3) is 0 Å². The summed E-state index contributed by atoms with van der Waals surface area (Å²) >= 11 is 9.65. The molecule has 31 heavy (non-hydrogen) atoms. The highest BCUT2D eigenvalue weighted by Gasteiger charge is 2.46. The van der Waals surface area contributed by atoms with Crippen LogP contribution >= 0.6 is 27.5 Å². The van der Waals surface area contributed by atoms with Gasteiger partial charge in [-0.05, 0) is 61.2 Å². The third kappa shape index (κ3) is 3.90. The maximum atomic E-state index is 13.4. The lowest BCUT2D eigenvalue weighted by Gasteiger charge is -2.29. The minimum atomic E-state index is -3.96. The zero-order chi connectivity index (χ0) is 22.6. The maximum Gasteiger partial charge on any atom is 0.182 e. The Balaban J connectivity index is 1.77. The van der Waals surface area contributed by atoms with Crippen molar-refractivity contribution in [2.45, 2.75) is 40.7 Å². The van der Waals surface area contributed by atoms with E-state index in [-0.39, 0.29) is 45.4 Å². The third-order valence-corrected chi connectivity index (χ3v) is 10.9. The van der Waals surface area contributed by atoms with E-state index >= 15 is 0 Å². The molecule has 164 valence electrons. The minimum absolute atomic E-state index is 0.00577. The van der Waals surface area contributed by atoms with E-state index in [2.05, 4.69) is 15.9 Å². The highest BCUT2D eigenvalue weighted by atomic mass is 79.9. The number of sulfone groups is 2. The monoisotopic (exact) mass is 544 g/mol. The summed E-state index contributed by atoms with van der Waals surface area (Å²) in [4.78, 5) is 26.3. The number of hydrogen-bond donors (Lipinski definition) is 0. The Morgan fingerprint density at radius 1 is 1.06 bits per heavy atom. The molecule has 0 spiro atoms. The molecule has 1 fully saturated rings. The van der Waals surface area contributed by atoms with Crippen molar-refractivity contribution in [3.8, 4) is 0 Å². The molecule has 6 nitrogen and oxygen atoms in total. The third-order valence-electron chi connectivity index (χ3n) is 5.88. The first-order valence-corrected chi connectivity index (χ1v) is 14.0. The van der Waals surface area contributed by atoms with E-state index < -0.39 is 42.4 Å². The number of carbonyl (C=O) groups is 2. The number of hydrogen-bond acceptors (Lipinski definition) is 6. The van der Waals surface area contributed by atoms with E-state index in [1.165, 1.54) is 24.3 Å². The zero-order valence-corrected chi connectivity index (χ0v) is 20.2. The second kappa shape index (κ2) is 8.10. The van der Waals surface area contributed by atoms with Crippen molar-refractivity contribution >= 4 is 58.8 Å². The molecule has 0 N–H and O–H groups in total. The van der Waals surface area contributed by atoms with Gasteiger partial charge in [-0.2, -0.15) is 0 Å². The molecule has 2 atom stereocenters. The lowest BCUT2D eigenvalue weighted by molar-refractivity contribution is -0.122. The van der Waals surface area contributed by atoms with Gasteiger partial charge in [-0.3, -0.25) is 9.59 Å². The standard InChI is InChI=1S/C21H18BrClO6S2/c22-12-4-6-13(7-5-12)31(28,29)18-3-1-2-16(24)19(18)21(25)15-8-9-17-14(20(15)23)10-11-30(17,26)27/h4-9,18-19H,1-3,10-11H2. The summed E-state index contributed by atoms with van der Waals surface area (Å²) in [5.41, 5.74) is 0.344. The van der Waals surface area contributed by atoms with Crippen LogP contribution in [0.1, 0.15) is 35.2 Å². The molecule has 1 saturated carbocycles. The van der Waals surface area contributed by atoms with Crippen LogP contribution in [-0.4, -0.2) is 39.4 Å². The predicted octanol–water partition coefficient (Wildman–Crippen LogP) is 3.83. The number of fused-ring (bicyclic) bond motifs is 1. The van der Waals surface area contributed by atoms with Crippen molar-refractivity contribution < 1.29 is 26.4 Å². The average Bonchev–Trinajstić information content (AvgIpc) is 3.03. The fourth-order valence-electron chi connectivity index (χ4n) is 4.29. The van der Waals surface area contributed by atoms with Gasteiger partial charge in [0.2, 0.25) is 0 Å². The largest absolute Gasteiger partial charge is 0.299 e. The van der Waals surface area contributed by atoms with E-state index in [0.29, 0.717) is 16.5 Å². The van der Waals surface area contributed by atoms with Gasteiger partial charge in [-0.1, -0.05) is 27.5 Å². The molecule has 1 heterocycles. The summed E-state index contributed by atoms with van der Waals surface area (Å²) < 4.78 is 51.6. The summed E-state index contributed by atoms with van der Waals surface area (Å²) in [5.74, 6) is -2.59. The zero-order valence-electron chi connectivity index (χ0n) is 16.2. The van der Waals surface area contributed by atoms with Gasteiger partial charge in [0.15, 0.2) is 25.5 Å². The maximum absolute atomic E-state index is 13.4. The van der Waals surface area contributed by atoms with Crippen molar-refractivity contribution in [2.75, 3.05) is 5.75 Å². The van der Waals surface area contributed by atoms with E-state index in [1.807, 2.05) is 0 Å². The van der Waals surface area contributed by atoms with Crippen LogP contribution in [0.4, 0.5) is 0 Å². The lowest BCUT2D eigenvalue weighted by atomic mass is 9.82. The van der Waals surface area contributed by atoms with Crippen LogP contribution in [0.5, 0.6) is 0 Å². The topological polar surface area (TPSA) is 102 Å². The second-order valence-electron chi connectivity index (χ2n) is 7.71. The first-order valence-electron chi connectivity index (χ1n) is 9.64. The molecule has 0 amide bonds. The summed E-state index contributed by atoms with van der Waals surface area (Å²) in [6.45, 7) is 0. The number of halogens is 2. The van der Waals surface area contributed by atoms with Gasteiger partial charge < -0.3 is 0 Å². The predicted molar refractivity (Wildman–Crippen MR) is 119 cm³/mol. The van der Waals surface area contributed by atoms with E-state index in [1.54, 1.807) is 12.1 Å². The van der Waals surface area contributed by atoms with Crippen molar-refractivity contribution in [2.24, 2.45) is 5.92 Å². The van der Waals surface area contributed by atoms with E-state index in [0.717, 1.165) is 0 Å². The molecule has 2 aliphatic rings. The molecular weight excluding hydrogens is 528 g/mol. The Kier molecular flexibility index (Phi) is 5.91. The van der Waals surface area contributed by atoms with Crippen LogP contribution in [0.3, 0.4) is 0 Å². The second-order valence-corrected chi connectivity index (χ2v) is 13.2. The van der Waals surface area contributed by atoms with Gasteiger partial charge in [0.1, 0.15) is 5.78 Å². The Morgan fingerprint density at radius 2 is 1.74 bits per heavy atom. The van der Waals surface area contributed by atoms with Crippen LogP contribution in [0, 0.1) is 5.92 Å². The van der Waals surface area contributed by atoms with Gasteiger partial charge in [0, 0.05) is 16.5 Å². The number of ketones is 2. The van der Waals surface area contributed by atoms with Crippen molar-refractivity contribution in [1.29, 1.82) is 0 Å². The average molecular weight is 546 g/mol.